The molecule has 0 bridgehead atoms. The van der Waals surface area contributed by atoms with E-state index in [4.69, 9.17) is 4.42 Å². The van der Waals surface area contributed by atoms with Gasteiger partial charge < -0.3 is 4.42 Å². The number of nitrogens with zero attached hydrogens (tertiary/aromatic N) is 2. The highest BCUT2D eigenvalue weighted by molar-refractivity contribution is 7.99. The molecule has 0 atom stereocenters. The number of hydrogen-bond acceptors (Lipinski definition) is 5. The van der Waals surface area contributed by atoms with Gasteiger partial charge in [-0.2, -0.15) is 0 Å². The van der Waals surface area contributed by atoms with Crippen LogP contribution in [0.3, 0.4) is 0 Å². The summed E-state index contributed by atoms with van der Waals surface area (Å²) in [5.41, 5.74) is 0.107. The standard InChI is InChI=1S/C14H10N2O3S/c17-11-8-4-1-2-5-9(8)19-12-10(11)15-14-16(13(12)18)6-3-7-20-14/h1-2,4-5H,3,6-7H2. The molecule has 20 heavy (non-hydrogen) atoms. The van der Waals surface area contributed by atoms with Gasteiger partial charge in [0, 0.05) is 12.3 Å². The number of para-hydroxylation sites is 1. The van der Waals surface area contributed by atoms with Crippen molar-refractivity contribution in [3.05, 3.63) is 44.8 Å². The van der Waals surface area contributed by atoms with E-state index < -0.39 is 0 Å². The second-order valence-corrected chi connectivity index (χ2v) is 5.72. The van der Waals surface area contributed by atoms with Crippen LogP contribution in [-0.2, 0) is 6.54 Å². The van der Waals surface area contributed by atoms with E-state index in [9.17, 15) is 9.59 Å². The van der Waals surface area contributed by atoms with Crippen LogP contribution in [0.5, 0.6) is 0 Å². The lowest BCUT2D eigenvalue weighted by atomic mass is 10.2. The van der Waals surface area contributed by atoms with Crippen molar-refractivity contribution < 1.29 is 4.42 Å². The van der Waals surface area contributed by atoms with Gasteiger partial charge >= 0.3 is 0 Å². The van der Waals surface area contributed by atoms with Crippen molar-refractivity contribution in [2.24, 2.45) is 0 Å². The van der Waals surface area contributed by atoms with Crippen molar-refractivity contribution in [3.63, 3.8) is 0 Å². The van der Waals surface area contributed by atoms with Gasteiger partial charge in [-0.25, -0.2) is 4.98 Å². The number of hydrogen-bond donors (Lipinski definition) is 0. The van der Waals surface area contributed by atoms with Crippen LogP contribution < -0.4 is 11.0 Å². The van der Waals surface area contributed by atoms with Crippen LogP contribution in [0.25, 0.3) is 22.1 Å². The number of rotatable bonds is 0. The van der Waals surface area contributed by atoms with Crippen LogP contribution in [0.15, 0.2) is 43.4 Å². The van der Waals surface area contributed by atoms with Crippen LogP contribution in [0.2, 0.25) is 0 Å². The fourth-order valence-corrected chi connectivity index (χ4v) is 3.38. The predicted molar refractivity (Wildman–Crippen MR) is 77.4 cm³/mol. The van der Waals surface area contributed by atoms with E-state index in [1.807, 2.05) is 0 Å². The number of thioether (sulfide) groups is 1. The zero-order valence-corrected chi connectivity index (χ0v) is 11.3. The van der Waals surface area contributed by atoms with E-state index in [2.05, 4.69) is 4.98 Å². The summed E-state index contributed by atoms with van der Waals surface area (Å²) in [5, 5.41) is 1.06. The van der Waals surface area contributed by atoms with Gasteiger partial charge in [0.2, 0.25) is 11.0 Å². The molecule has 0 unspecified atom stereocenters. The average molecular weight is 286 g/mol. The maximum atomic E-state index is 12.4. The minimum Gasteiger partial charge on any atom is -0.448 e. The van der Waals surface area contributed by atoms with Crippen LogP contribution in [-0.4, -0.2) is 15.3 Å². The second kappa shape index (κ2) is 4.21. The zero-order valence-electron chi connectivity index (χ0n) is 10.5. The summed E-state index contributed by atoms with van der Waals surface area (Å²) in [6.45, 7) is 0.626. The van der Waals surface area contributed by atoms with Crippen molar-refractivity contribution in [1.82, 2.24) is 9.55 Å². The molecule has 0 radical (unpaired) electrons. The normalized spacial score (nSPS) is 14.6. The molecule has 0 saturated heterocycles. The summed E-state index contributed by atoms with van der Waals surface area (Å²) in [4.78, 5) is 29.2. The fourth-order valence-electron chi connectivity index (χ4n) is 2.44. The summed E-state index contributed by atoms with van der Waals surface area (Å²) >= 11 is 1.50. The first-order valence-corrected chi connectivity index (χ1v) is 7.33. The molecule has 4 rings (SSSR count). The van der Waals surface area contributed by atoms with E-state index in [1.165, 1.54) is 11.8 Å². The van der Waals surface area contributed by atoms with Gasteiger partial charge in [0.25, 0.3) is 5.56 Å². The highest BCUT2D eigenvalue weighted by atomic mass is 32.2. The molecule has 6 heteroatoms. The largest absolute Gasteiger partial charge is 0.448 e. The smallest absolute Gasteiger partial charge is 0.298 e. The van der Waals surface area contributed by atoms with Gasteiger partial charge in [-0.15, -0.1) is 0 Å². The van der Waals surface area contributed by atoms with Crippen LogP contribution in [0.1, 0.15) is 6.42 Å². The molecule has 3 aromatic rings. The Labute approximate surface area is 117 Å². The minimum absolute atomic E-state index is 0.0555. The first-order chi connectivity index (χ1) is 9.75. The molecule has 0 saturated carbocycles. The first-order valence-electron chi connectivity index (χ1n) is 6.35. The third-order valence-corrected chi connectivity index (χ3v) is 4.47. The monoisotopic (exact) mass is 286 g/mol. The predicted octanol–water partition coefficient (Wildman–Crippen LogP) is 2.00. The fraction of sp³-hybridized carbons (Fsp3) is 0.214. The van der Waals surface area contributed by atoms with Crippen LogP contribution in [0, 0.1) is 0 Å². The quantitative estimate of drug-likeness (QED) is 0.467. The van der Waals surface area contributed by atoms with Crippen LogP contribution in [0.4, 0.5) is 0 Å². The van der Waals surface area contributed by atoms with E-state index in [0.717, 1.165) is 12.2 Å². The van der Waals surface area contributed by atoms with Crippen molar-refractivity contribution in [3.8, 4) is 0 Å². The molecule has 0 spiro atoms. The summed E-state index contributed by atoms with van der Waals surface area (Å²) in [6.07, 6.45) is 0.919. The first kappa shape index (κ1) is 11.7. The molecule has 0 fully saturated rings. The van der Waals surface area contributed by atoms with Gasteiger partial charge in [0.15, 0.2) is 10.7 Å². The molecular weight excluding hydrogens is 276 g/mol. The molecule has 0 N–H and O–H groups in total. The Kier molecular flexibility index (Phi) is 2.47. The van der Waals surface area contributed by atoms with Gasteiger partial charge in [0.1, 0.15) is 5.58 Å². The Balaban J connectivity index is 2.24. The van der Waals surface area contributed by atoms with Gasteiger partial charge in [-0.05, 0) is 18.6 Å². The minimum atomic E-state index is -0.264. The SMILES string of the molecule is O=c1c2ccccc2oc2c(=O)n3c(nc12)SCCC3. The third kappa shape index (κ3) is 1.54. The molecule has 1 aromatic carbocycles. The van der Waals surface area contributed by atoms with Crippen molar-refractivity contribution in [2.75, 3.05) is 5.75 Å². The summed E-state index contributed by atoms with van der Waals surface area (Å²) in [6, 6.07) is 6.92. The molecule has 100 valence electrons. The Morgan fingerprint density at radius 2 is 2.10 bits per heavy atom. The maximum absolute atomic E-state index is 12.4. The topological polar surface area (TPSA) is 65.1 Å². The molecule has 5 nitrogen and oxygen atoms in total. The Morgan fingerprint density at radius 1 is 1.25 bits per heavy atom. The molecule has 0 aliphatic carbocycles. The molecule has 0 amide bonds. The van der Waals surface area contributed by atoms with E-state index in [-0.39, 0.29) is 22.1 Å². The molecule has 2 aromatic heterocycles. The third-order valence-electron chi connectivity index (χ3n) is 3.41. The number of aromatic nitrogens is 2. The van der Waals surface area contributed by atoms with Crippen molar-refractivity contribution >= 4 is 33.8 Å². The maximum Gasteiger partial charge on any atom is 0.298 e. The summed E-state index contributed by atoms with van der Waals surface area (Å²) in [7, 11) is 0. The van der Waals surface area contributed by atoms with Gasteiger partial charge in [0.05, 0.1) is 5.39 Å². The number of fused-ring (bicyclic) bond motifs is 3. The molecule has 1 aliphatic heterocycles. The van der Waals surface area contributed by atoms with Gasteiger partial charge in [-0.1, -0.05) is 23.9 Å². The molecule has 1 aliphatic rings. The van der Waals surface area contributed by atoms with Crippen molar-refractivity contribution in [1.29, 1.82) is 0 Å². The Hall–Kier alpha value is -2.08. The number of benzene rings is 1. The van der Waals surface area contributed by atoms with E-state index >= 15 is 0 Å². The second-order valence-electron chi connectivity index (χ2n) is 4.66. The highest BCUT2D eigenvalue weighted by Crippen LogP contribution is 2.23. The lowest BCUT2D eigenvalue weighted by molar-refractivity contribution is 0.551. The average Bonchev–Trinajstić information content (AvgIpc) is 2.49. The van der Waals surface area contributed by atoms with Crippen LogP contribution >= 0.6 is 11.8 Å². The zero-order chi connectivity index (χ0) is 13.7. The highest BCUT2D eigenvalue weighted by Gasteiger charge is 2.19. The summed E-state index contributed by atoms with van der Waals surface area (Å²) in [5.74, 6) is 0.914. The molecular formula is C14H10N2O3S. The van der Waals surface area contributed by atoms with Crippen molar-refractivity contribution in [2.45, 2.75) is 18.1 Å². The van der Waals surface area contributed by atoms with Gasteiger partial charge in [-0.3, -0.25) is 14.2 Å². The lowest BCUT2D eigenvalue weighted by Crippen LogP contribution is -2.27. The molecule has 3 heterocycles. The Morgan fingerprint density at radius 3 is 3.00 bits per heavy atom. The Bertz CT molecular complexity index is 958. The lowest BCUT2D eigenvalue weighted by Gasteiger charge is -2.16. The van der Waals surface area contributed by atoms with E-state index in [1.54, 1.807) is 28.8 Å². The van der Waals surface area contributed by atoms with E-state index in [0.29, 0.717) is 22.7 Å². The summed E-state index contributed by atoms with van der Waals surface area (Å²) < 4.78 is 7.21.